The average molecular weight is 709 g/mol. The van der Waals surface area contributed by atoms with Gasteiger partial charge in [-0.1, -0.05) is 63.2 Å². The molecule has 0 fully saturated rings. The molecule has 51 heavy (non-hydrogen) atoms. The third-order valence-electron chi connectivity index (χ3n) is 8.96. The Kier molecular flexibility index (Phi) is 10.3. The van der Waals surface area contributed by atoms with E-state index in [1.807, 2.05) is 74.2 Å². The van der Waals surface area contributed by atoms with E-state index in [1.54, 1.807) is 18.7 Å². The van der Waals surface area contributed by atoms with E-state index in [9.17, 15) is 14.0 Å². The Morgan fingerprint density at radius 1 is 0.980 bits per heavy atom. The average Bonchev–Trinajstić information content (AvgIpc) is 3.58. The van der Waals surface area contributed by atoms with Crippen LogP contribution in [0.15, 0.2) is 84.0 Å². The van der Waals surface area contributed by atoms with Crippen molar-refractivity contribution >= 4 is 40.2 Å². The summed E-state index contributed by atoms with van der Waals surface area (Å²) >= 11 is 1.77. The summed E-state index contributed by atoms with van der Waals surface area (Å²) in [5.41, 5.74) is 5.21. The lowest BCUT2D eigenvalue weighted by Gasteiger charge is -2.26. The standard InChI is InChI=1S/C41H45FN4O4S/c1-8-49-39(48)41(6,7)21-36-37(51-40(3,4)5)33-20-32(50-25-31-19-29-11-9-10-12-34(29)46(31)26(2)47)17-18-35(33)45(36)24-27-13-15-28(16-14-27)38-43-22-30(42)23-44-38/h9-18,20,22-23,31H,8,19,21,24-25H2,1-7H3. The summed E-state index contributed by atoms with van der Waals surface area (Å²) in [4.78, 5) is 37.1. The van der Waals surface area contributed by atoms with Crippen LogP contribution in [0.3, 0.4) is 0 Å². The van der Waals surface area contributed by atoms with E-state index in [0.717, 1.165) is 68.4 Å². The summed E-state index contributed by atoms with van der Waals surface area (Å²) < 4.78 is 27.6. The number of para-hydroxylation sites is 1. The van der Waals surface area contributed by atoms with Crippen molar-refractivity contribution in [1.29, 1.82) is 0 Å². The zero-order valence-electron chi connectivity index (χ0n) is 30.3. The van der Waals surface area contributed by atoms with Crippen molar-refractivity contribution in [2.24, 2.45) is 5.41 Å². The molecule has 6 rings (SSSR count). The second-order valence-electron chi connectivity index (χ2n) is 14.6. The molecular weight excluding hydrogens is 664 g/mol. The number of rotatable bonds is 11. The first-order valence-electron chi connectivity index (χ1n) is 17.3. The van der Waals surface area contributed by atoms with Crippen molar-refractivity contribution in [2.45, 2.75) is 83.5 Å². The van der Waals surface area contributed by atoms with Crippen molar-refractivity contribution in [3.05, 3.63) is 102 Å². The van der Waals surface area contributed by atoms with Gasteiger partial charge in [-0.05, 0) is 62.6 Å². The predicted molar refractivity (Wildman–Crippen MR) is 201 cm³/mol. The molecule has 0 bridgehead atoms. The van der Waals surface area contributed by atoms with Crippen molar-refractivity contribution < 1.29 is 23.5 Å². The fourth-order valence-corrected chi connectivity index (χ4v) is 7.84. The van der Waals surface area contributed by atoms with Crippen molar-refractivity contribution in [3.63, 3.8) is 0 Å². The van der Waals surface area contributed by atoms with Crippen LogP contribution in [0.1, 0.15) is 65.3 Å². The summed E-state index contributed by atoms with van der Waals surface area (Å²) in [6.07, 6.45) is 3.53. The number of aromatic nitrogens is 3. The van der Waals surface area contributed by atoms with Gasteiger partial charge in [-0.15, -0.1) is 11.8 Å². The van der Waals surface area contributed by atoms with Crippen LogP contribution in [0.5, 0.6) is 5.75 Å². The van der Waals surface area contributed by atoms with E-state index in [2.05, 4.69) is 53.5 Å². The molecule has 3 aromatic carbocycles. The Morgan fingerprint density at radius 3 is 2.35 bits per heavy atom. The number of ether oxygens (including phenoxy) is 2. The number of carbonyl (C=O) groups is 2. The van der Waals surface area contributed by atoms with E-state index < -0.39 is 11.2 Å². The first kappa shape index (κ1) is 36.1. The van der Waals surface area contributed by atoms with E-state index in [0.29, 0.717) is 32.0 Å². The molecule has 0 aliphatic carbocycles. The minimum Gasteiger partial charge on any atom is -0.491 e. The van der Waals surface area contributed by atoms with Crippen LogP contribution in [0.4, 0.5) is 10.1 Å². The smallest absolute Gasteiger partial charge is 0.311 e. The molecule has 8 nitrogen and oxygen atoms in total. The number of esters is 1. The number of thioether (sulfide) groups is 1. The second kappa shape index (κ2) is 14.5. The van der Waals surface area contributed by atoms with Crippen molar-refractivity contribution in [2.75, 3.05) is 18.1 Å². The fourth-order valence-electron chi connectivity index (χ4n) is 6.66. The lowest BCUT2D eigenvalue weighted by atomic mass is 9.87. The molecule has 10 heteroatoms. The lowest BCUT2D eigenvalue weighted by molar-refractivity contribution is -0.153. The van der Waals surface area contributed by atoms with Gasteiger partial charge in [-0.3, -0.25) is 9.59 Å². The van der Waals surface area contributed by atoms with Crippen LogP contribution in [-0.2, 0) is 33.7 Å². The van der Waals surface area contributed by atoms with Gasteiger partial charge in [0.15, 0.2) is 11.6 Å². The zero-order valence-corrected chi connectivity index (χ0v) is 31.1. The van der Waals surface area contributed by atoms with Crippen LogP contribution in [0, 0.1) is 11.2 Å². The number of carbonyl (C=O) groups excluding carboxylic acids is 2. The molecule has 3 heterocycles. The minimum atomic E-state index is -0.786. The molecule has 0 N–H and O–H groups in total. The highest BCUT2D eigenvalue weighted by molar-refractivity contribution is 8.00. The first-order valence-corrected chi connectivity index (χ1v) is 18.1. The number of halogens is 1. The van der Waals surface area contributed by atoms with Gasteiger partial charge in [-0.25, -0.2) is 14.4 Å². The van der Waals surface area contributed by atoms with Crippen LogP contribution >= 0.6 is 11.8 Å². The topological polar surface area (TPSA) is 86.5 Å². The molecule has 266 valence electrons. The molecule has 0 spiro atoms. The largest absolute Gasteiger partial charge is 0.491 e. The minimum absolute atomic E-state index is 0.00276. The number of fused-ring (bicyclic) bond motifs is 2. The monoisotopic (exact) mass is 708 g/mol. The Morgan fingerprint density at radius 2 is 1.69 bits per heavy atom. The maximum absolute atomic E-state index is 13.4. The quantitative estimate of drug-likeness (QED) is 0.100. The van der Waals surface area contributed by atoms with Crippen molar-refractivity contribution in [1.82, 2.24) is 14.5 Å². The molecule has 1 amide bonds. The molecule has 0 saturated carbocycles. The van der Waals surface area contributed by atoms with Crippen LogP contribution in [0.2, 0.25) is 0 Å². The summed E-state index contributed by atoms with van der Waals surface area (Å²) in [7, 11) is 0. The van der Waals surface area contributed by atoms with Gasteiger partial charge >= 0.3 is 5.97 Å². The predicted octanol–water partition coefficient (Wildman–Crippen LogP) is 8.66. The number of benzene rings is 3. The molecule has 1 unspecified atom stereocenters. The zero-order chi connectivity index (χ0) is 36.5. The number of anilines is 1. The highest BCUT2D eigenvalue weighted by Crippen LogP contribution is 2.44. The molecule has 2 aromatic heterocycles. The summed E-state index contributed by atoms with van der Waals surface area (Å²) in [6.45, 7) is 15.1. The second-order valence-corrected chi connectivity index (χ2v) is 16.5. The highest BCUT2D eigenvalue weighted by atomic mass is 32.2. The molecule has 1 aliphatic heterocycles. The first-order chi connectivity index (χ1) is 24.2. The van der Waals surface area contributed by atoms with Crippen LogP contribution in [-0.4, -0.2) is 50.4 Å². The van der Waals surface area contributed by atoms with Gasteiger partial charge in [0.25, 0.3) is 0 Å². The van der Waals surface area contributed by atoms with Gasteiger partial charge in [0.05, 0.1) is 30.5 Å². The number of hydrogen-bond acceptors (Lipinski definition) is 7. The lowest BCUT2D eigenvalue weighted by Crippen LogP contribution is -2.40. The van der Waals surface area contributed by atoms with Crippen LogP contribution in [0.25, 0.3) is 22.3 Å². The fraction of sp³-hybridized carbons (Fsp3) is 0.366. The summed E-state index contributed by atoms with van der Waals surface area (Å²) in [5.74, 6) is 0.448. The normalized spacial score (nSPS) is 14.5. The Bertz CT molecular complexity index is 2050. The molecule has 1 aliphatic rings. The summed E-state index contributed by atoms with van der Waals surface area (Å²) in [6, 6.07) is 22.0. The Hall–Kier alpha value is -4.70. The maximum atomic E-state index is 13.4. The Balaban J connectivity index is 1.39. The molecular formula is C41H45FN4O4S. The highest BCUT2D eigenvalue weighted by Gasteiger charge is 2.35. The number of nitrogens with zero attached hydrogens (tertiary/aromatic N) is 4. The van der Waals surface area contributed by atoms with Gasteiger partial charge < -0.3 is 18.9 Å². The van der Waals surface area contributed by atoms with Gasteiger partial charge in [0, 0.05) is 57.4 Å². The van der Waals surface area contributed by atoms with Gasteiger partial charge in [-0.2, -0.15) is 0 Å². The Labute approximate surface area is 303 Å². The van der Waals surface area contributed by atoms with E-state index in [1.165, 1.54) is 0 Å². The third kappa shape index (κ3) is 7.96. The van der Waals surface area contributed by atoms with E-state index >= 15 is 0 Å². The van der Waals surface area contributed by atoms with Crippen LogP contribution < -0.4 is 9.64 Å². The van der Waals surface area contributed by atoms with Crippen molar-refractivity contribution in [3.8, 4) is 17.1 Å². The van der Waals surface area contributed by atoms with E-state index in [-0.39, 0.29) is 22.7 Å². The third-order valence-corrected chi connectivity index (χ3v) is 10.2. The molecule has 0 saturated heterocycles. The maximum Gasteiger partial charge on any atom is 0.311 e. The number of hydrogen-bond donors (Lipinski definition) is 0. The molecule has 5 aromatic rings. The van der Waals surface area contributed by atoms with Gasteiger partial charge in [0.2, 0.25) is 5.91 Å². The SMILES string of the molecule is CCOC(=O)C(C)(C)Cc1c(SC(C)(C)C)c2cc(OCC3Cc4ccccc4N3C(C)=O)ccc2n1Cc1ccc(-c2ncc(F)cn2)cc1. The molecule has 0 radical (unpaired) electrons. The number of amides is 1. The van der Waals surface area contributed by atoms with Gasteiger partial charge in [0.1, 0.15) is 12.4 Å². The molecule has 1 atom stereocenters. The van der Waals surface area contributed by atoms with E-state index in [4.69, 9.17) is 9.47 Å². The summed E-state index contributed by atoms with van der Waals surface area (Å²) in [5, 5.41) is 1.04.